The van der Waals surface area contributed by atoms with Crippen molar-refractivity contribution in [3.05, 3.63) is 95.3 Å². The van der Waals surface area contributed by atoms with Gasteiger partial charge in [0.1, 0.15) is 11.6 Å². The summed E-state index contributed by atoms with van der Waals surface area (Å²) >= 11 is 6.17. The maximum absolute atomic E-state index is 12.2. The molecule has 0 spiro atoms. The molecular formula is C26H26ClN3O2. The topological polar surface area (TPSA) is 56.2 Å². The van der Waals surface area contributed by atoms with E-state index in [1.165, 1.54) is 0 Å². The van der Waals surface area contributed by atoms with Crippen LogP contribution in [0.4, 0.5) is 0 Å². The molecule has 4 rings (SSSR count). The first kappa shape index (κ1) is 21.9. The summed E-state index contributed by atoms with van der Waals surface area (Å²) in [7, 11) is 0. The standard InChI is InChI=1S/C26H26ClN3O2/c27-21-12-4-7-15-24(21)32-19-9-18-30-23-14-6-5-13-22(23)29-25(30)16-8-17-28-26(31)20-10-2-1-3-11-20/h1-7,10-15H,8-9,16-19H2,(H,28,31). The number of imidazole rings is 1. The van der Waals surface area contributed by atoms with Gasteiger partial charge in [-0.15, -0.1) is 0 Å². The van der Waals surface area contributed by atoms with Crippen molar-refractivity contribution in [2.75, 3.05) is 13.2 Å². The van der Waals surface area contributed by atoms with Gasteiger partial charge < -0.3 is 14.6 Å². The molecule has 3 aromatic carbocycles. The third kappa shape index (κ3) is 5.48. The number of benzene rings is 3. The van der Waals surface area contributed by atoms with E-state index in [1.54, 1.807) is 0 Å². The van der Waals surface area contributed by atoms with Gasteiger partial charge in [0.15, 0.2) is 0 Å². The average Bonchev–Trinajstić information content (AvgIpc) is 3.18. The van der Waals surface area contributed by atoms with Crippen LogP contribution >= 0.6 is 11.6 Å². The van der Waals surface area contributed by atoms with E-state index < -0.39 is 0 Å². The zero-order chi connectivity index (χ0) is 22.2. The Labute approximate surface area is 193 Å². The lowest BCUT2D eigenvalue weighted by atomic mass is 10.2. The number of carbonyl (C=O) groups excluding carboxylic acids is 1. The first-order chi connectivity index (χ1) is 15.7. The number of para-hydroxylation sites is 3. The summed E-state index contributed by atoms with van der Waals surface area (Å²) in [5, 5.41) is 3.61. The van der Waals surface area contributed by atoms with Crippen LogP contribution in [-0.2, 0) is 13.0 Å². The Morgan fingerprint density at radius 3 is 2.53 bits per heavy atom. The second kappa shape index (κ2) is 10.8. The third-order valence-corrected chi connectivity index (χ3v) is 5.56. The highest BCUT2D eigenvalue weighted by molar-refractivity contribution is 6.32. The second-order valence-electron chi connectivity index (χ2n) is 7.53. The molecule has 0 aliphatic rings. The fourth-order valence-corrected chi connectivity index (χ4v) is 3.86. The number of nitrogens with zero attached hydrogens (tertiary/aromatic N) is 2. The Balaban J connectivity index is 1.33. The molecule has 32 heavy (non-hydrogen) atoms. The summed E-state index contributed by atoms with van der Waals surface area (Å²) in [4.78, 5) is 17.1. The molecule has 6 heteroatoms. The average molecular weight is 448 g/mol. The number of hydrogen-bond acceptors (Lipinski definition) is 3. The molecule has 0 bridgehead atoms. The van der Waals surface area contributed by atoms with Gasteiger partial charge in [0, 0.05) is 25.1 Å². The molecule has 1 heterocycles. The van der Waals surface area contributed by atoms with Gasteiger partial charge in [0.05, 0.1) is 22.7 Å². The monoisotopic (exact) mass is 447 g/mol. The van der Waals surface area contributed by atoms with Crippen LogP contribution in [0.1, 0.15) is 29.0 Å². The van der Waals surface area contributed by atoms with Crippen molar-refractivity contribution in [3.8, 4) is 5.75 Å². The molecule has 0 radical (unpaired) electrons. The number of fused-ring (bicyclic) bond motifs is 1. The summed E-state index contributed by atoms with van der Waals surface area (Å²) in [5.41, 5.74) is 2.79. The number of ether oxygens (including phenoxy) is 1. The molecule has 5 nitrogen and oxygen atoms in total. The molecule has 0 atom stereocenters. The minimum absolute atomic E-state index is 0.0455. The van der Waals surface area contributed by atoms with Crippen molar-refractivity contribution in [1.82, 2.24) is 14.9 Å². The number of halogens is 1. The van der Waals surface area contributed by atoms with Gasteiger partial charge >= 0.3 is 0 Å². The quantitative estimate of drug-likeness (QED) is 0.325. The Bertz CT molecular complexity index is 1170. The van der Waals surface area contributed by atoms with Crippen LogP contribution in [0.15, 0.2) is 78.9 Å². The van der Waals surface area contributed by atoms with Crippen LogP contribution in [-0.4, -0.2) is 28.6 Å². The highest BCUT2D eigenvalue weighted by Gasteiger charge is 2.11. The lowest BCUT2D eigenvalue weighted by Gasteiger charge is -2.11. The van der Waals surface area contributed by atoms with Crippen LogP contribution in [0, 0.1) is 0 Å². The van der Waals surface area contributed by atoms with Crippen LogP contribution in [0.25, 0.3) is 11.0 Å². The second-order valence-corrected chi connectivity index (χ2v) is 7.93. The predicted molar refractivity (Wildman–Crippen MR) is 128 cm³/mol. The predicted octanol–water partition coefficient (Wildman–Crippen LogP) is 5.52. The third-order valence-electron chi connectivity index (χ3n) is 5.25. The van der Waals surface area contributed by atoms with Crippen molar-refractivity contribution in [3.63, 3.8) is 0 Å². The van der Waals surface area contributed by atoms with Crippen molar-refractivity contribution in [2.24, 2.45) is 0 Å². The van der Waals surface area contributed by atoms with Crippen molar-refractivity contribution >= 4 is 28.5 Å². The first-order valence-corrected chi connectivity index (χ1v) is 11.2. The van der Waals surface area contributed by atoms with Crippen LogP contribution in [0.5, 0.6) is 5.75 Å². The van der Waals surface area contributed by atoms with Gasteiger partial charge in [-0.3, -0.25) is 4.79 Å². The molecule has 0 saturated heterocycles. The maximum Gasteiger partial charge on any atom is 0.251 e. The number of hydrogen-bond donors (Lipinski definition) is 1. The summed E-state index contributed by atoms with van der Waals surface area (Å²) in [6.45, 7) is 1.98. The van der Waals surface area contributed by atoms with E-state index >= 15 is 0 Å². The van der Waals surface area contributed by atoms with Gasteiger partial charge in [0.25, 0.3) is 5.91 Å². The van der Waals surface area contributed by atoms with E-state index in [2.05, 4.69) is 16.0 Å². The summed E-state index contributed by atoms with van der Waals surface area (Å²) < 4.78 is 8.10. The number of amides is 1. The molecule has 0 saturated carbocycles. The van der Waals surface area contributed by atoms with Crippen LogP contribution < -0.4 is 10.1 Å². The smallest absolute Gasteiger partial charge is 0.251 e. The zero-order valence-corrected chi connectivity index (χ0v) is 18.6. The summed E-state index contributed by atoms with van der Waals surface area (Å²) in [6, 6.07) is 25.0. The van der Waals surface area contributed by atoms with E-state index in [9.17, 15) is 4.79 Å². The highest BCUT2D eigenvalue weighted by atomic mass is 35.5. The molecule has 1 N–H and O–H groups in total. The molecular weight excluding hydrogens is 422 g/mol. The number of rotatable bonds is 10. The molecule has 164 valence electrons. The van der Waals surface area contributed by atoms with E-state index in [0.717, 1.165) is 42.7 Å². The van der Waals surface area contributed by atoms with E-state index in [4.69, 9.17) is 21.3 Å². The van der Waals surface area contributed by atoms with E-state index in [1.807, 2.05) is 72.8 Å². The Hall–Kier alpha value is -3.31. The lowest BCUT2D eigenvalue weighted by Crippen LogP contribution is -2.24. The fraction of sp³-hybridized carbons (Fsp3) is 0.231. The largest absolute Gasteiger partial charge is 0.492 e. The zero-order valence-electron chi connectivity index (χ0n) is 17.8. The first-order valence-electron chi connectivity index (χ1n) is 10.9. The van der Waals surface area contributed by atoms with Gasteiger partial charge in [0.2, 0.25) is 0 Å². The molecule has 0 aliphatic heterocycles. The molecule has 0 unspecified atom stereocenters. The molecule has 0 aliphatic carbocycles. The van der Waals surface area contributed by atoms with Crippen LogP contribution in [0.3, 0.4) is 0 Å². The minimum atomic E-state index is -0.0455. The number of aryl methyl sites for hydroxylation is 2. The minimum Gasteiger partial charge on any atom is -0.492 e. The number of carbonyl (C=O) groups is 1. The van der Waals surface area contributed by atoms with Gasteiger partial charge in [-0.05, 0) is 49.2 Å². The summed E-state index contributed by atoms with van der Waals surface area (Å²) in [6.07, 6.45) is 2.44. The van der Waals surface area contributed by atoms with Gasteiger partial charge in [-0.1, -0.05) is 54.1 Å². The fourth-order valence-electron chi connectivity index (χ4n) is 3.67. The van der Waals surface area contributed by atoms with E-state index in [-0.39, 0.29) is 5.91 Å². The van der Waals surface area contributed by atoms with Crippen molar-refractivity contribution in [1.29, 1.82) is 0 Å². The maximum atomic E-state index is 12.2. The highest BCUT2D eigenvalue weighted by Crippen LogP contribution is 2.23. The molecule has 0 fully saturated rings. The van der Waals surface area contributed by atoms with Crippen molar-refractivity contribution < 1.29 is 9.53 Å². The normalized spacial score (nSPS) is 10.9. The van der Waals surface area contributed by atoms with Crippen LogP contribution in [0.2, 0.25) is 5.02 Å². The molecule has 1 aromatic heterocycles. The number of nitrogens with one attached hydrogen (secondary N) is 1. The number of aromatic nitrogens is 2. The van der Waals surface area contributed by atoms with Gasteiger partial charge in [-0.25, -0.2) is 4.98 Å². The van der Waals surface area contributed by atoms with Crippen molar-refractivity contribution in [2.45, 2.75) is 25.8 Å². The Kier molecular flexibility index (Phi) is 7.41. The Morgan fingerprint density at radius 1 is 0.938 bits per heavy atom. The SMILES string of the molecule is O=C(NCCCc1nc2ccccc2n1CCCOc1ccccc1Cl)c1ccccc1. The summed E-state index contributed by atoms with van der Waals surface area (Å²) in [5.74, 6) is 1.69. The van der Waals surface area contributed by atoms with Gasteiger partial charge in [-0.2, -0.15) is 0 Å². The Morgan fingerprint density at radius 2 is 1.69 bits per heavy atom. The molecule has 4 aromatic rings. The molecule has 1 amide bonds. The van der Waals surface area contributed by atoms with E-state index in [0.29, 0.717) is 29.5 Å². The lowest BCUT2D eigenvalue weighted by molar-refractivity contribution is 0.0953.